The molecule has 0 spiro atoms. The Morgan fingerprint density at radius 1 is 0.903 bits per heavy atom. The van der Waals surface area contributed by atoms with Gasteiger partial charge < -0.3 is 15.6 Å². The van der Waals surface area contributed by atoms with E-state index in [1.807, 2.05) is 67.6 Å². The second kappa shape index (κ2) is 9.13. The van der Waals surface area contributed by atoms with Gasteiger partial charge in [-0.3, -0.25) is 0 Å². The lowest BCUT2D eigenvalue weighted by Crippen LogP contribution is -2.65. The maximum Gasteiger partial charge on any atom is 0.258 e. The van der Waals surface area contributed by atoms with Crippen molar-refractivity contribution in [1.29, 1.82) is 0 Å². The van der Waals surface area contributed by atoms with E-state index in [0.717, 1.165) is 23.2 Å². The van der Waals surface area contributed by atoms with E-state index < -0.39 is 13.9 Å². The number of benzene rings is 2. The van der Waals surface area contributed by atoms with Gasteiger partial charge in [-0.25, -0.2) is 4.98 Å². The number of pyridine rings is 1. The molecule has 0 aliphatic heterocycles. The van der Waals surface area contributed by atoms with Gasteiger partial charge in [-0.05, 0) is 41.2 Å². The number of nitrogens with zero attached hydrogens (tertiary/aromatic N) is 1. The highest BCUT2D eigenvalue weighted by Gasteiger charge is 2.49. The van der Waals surface area contributed by atoms with E-state index >= 15 is 0 Å². The lowest BCUT2D eigenvalue weighted by atomic mass is 9.86. The Balaban J connectivity index is 1.86. The molecule has 0 saturated carbocycles. The Labute approximate surface area is 190 Å². The van der Waals surface area contributed by atoms with Crippen molar-refractivity contribution in [2.75, 3.05) is 0 Å². The molecule has 0 aliphatic rings. The van der Waals surface area contributed by atoms with Crippen molar-refractivity contribution >= 4 is 30.3 Å². The number of aromatic hydroxyl groups is 1. The van der Waals surface area contributed by atoms with Crippen LogP contribution in [-0.4, -0.2) is 23.2 Å². The summed E-state index contributed by atoms with van der Waals surface area (Å²) in [5, 5.41) is 12.0. The first-order valence-corrected chi connectivity index (χ1v) is 12.9. The van der Waals surface area contributed by atoms with Crippen LogP contribution in [0.2, 0.25) is 10.2 Å². The molecule has 0 aliphatic carbocycles. The van der Waals surface area contributed by atoms with Crippen LogP contribution in [0.5, 0.6) is 5.75 Å². The molecule has 0 radical (unpaired) electrons. The molecule has 3 rings (SSSR count). The van der Waals surface area contributed by atoms with Crippen LogP contribution in [0.15, 0.2) is 72.9 Å². The molecule has 0 amide bonds. The van der Waals surface area contributed by atoms with Crippen LogP contribution in [0.3, 0.4) is 0 Å². The summed E-state index contributed by atoms with van der Waals surface area (Å²) < 4.78 is 0. The van der Waals surface area contributed by atoms with Crippen LogP contribution in [0.1, 0.15) is 45.6 Å². The zero-order valence-electron chi connectivity index (χ0n) is 18.3. The summed E-state index contributed by atoms with van der Waals surface area (Å²) in [5.74, 6) is -0.0622. The molecule has 4 N–H and O–H groups in total. The summed E-state index contributed by atoms with van der Waals surface area (Å²) in [6.45, 7) is 6.19. The van der Waals surface area contributed by atoms with Crippen molar-refractivity contribution in [3.05, 3.63) is 83.6 Å². The molecule has 0 bridgehead atoms. The quantitative estimate of drug-likeness (QED) is 0.350. The van der Waals surface area contributed by atoms with Crippen LogP contribution in [-0.2, 0) is 5.54 Å². The van der Waals surface area contributed by atoms with Gasteiger partial charge in [0.15, 0.2) is 10.9 Å². The minimum Gasteiger partial charge on any atom is -0.504 e. The van der Waals surface area contributed by atoms with Gasteiger partial charge in [-0.1, -0.05) is 92.5 Å². The second-order valence-corrected chi connectivity index (χ2v) is 13.4. The lowest BCUT2D eigenvalue weighted by molar-refractivity contribution is 0.373. The van der Waals surface area contributed by atoms with Crippen molar-refractivity contribution in [1.82, 2.24) is 4.98 Å². The van der Waals surface area contributed by atoms with Gasteiger partial charge in [-0.15, -0.1) is 0 Å². The molecule has 6 heteroatoms. The average Bonchev–Trinajstić information content (AvgIpc) is 2.75. The Bertz CT molecular complexity index is 971. The van der Waals surface area contributed by atoms with Crippen molar-refractivity contribution in [3.63, 3.8) is 0 Å². The standard InChI is InChI=1S/C25H31ClN2O2Si/c1-24(2,16-10-17-25(3,27)21-15-18-28-23(26)22(21)29)31(30,19-11-6-4-7-12-19)20-13-8-5-9-14-20/h4-9,11-15,18,29-30H,10,16-17,27H2,1-3H3. The summed E-state index contributed by atoms with van der Waals surface area (Å²) in [7, 11) is -3.05. The van der Waals surface area contributed by atoms with Gasteiger partial charge in [-0.2, -0.15) is 0 Å². The number of halogens is 1. The molecule has 31 heavy (non-hydrogen) atoms. The molecule has 1 heterocycles. The average molecular weight is 455 g/mol. The molecule has 0 fully saturated rings. The first kappa shape index (κ1) is 23.5. The topological polar surface area (TPSA) is 79.4 Å². The number of aromatic nitrogens is 1. The van der Waals surface area contributed by atoms with E-state index in [1.54, 1.807) is 12.3 Å². The van der Waals surface area contributed by atoms with Crippen LogP contribution >= 0.6 is 11.6 Å². The van der Waals surface area contributed by atoms with Crippen molar-refractivity contribution in [2.24, 2.45) is 5.73 Å². The fourth-order valence-corrected chi connectivity index (χ4v) is 8.35. The highest BCUT2D eigenvalue weighted by Crippen LogP contribution is 2.42. The van der Waals surface area contributed by atoms with Gasteiger partial charge in [0.1, 0.15) is 0 Å². The van der Waals surface area contributed by atoms with E-state index in [1.165, 1.54) is 0 Å². The Morgan fingerprint density at radius 2 is 1.42 bits per heavy atom. The minimum absolute atomic E-state index is 0.0597. The predicted molar refractivity (Wildman–Crippen MR) is 130 cm³/mol. The van der Waals surface area contributed by atoms with Gasteiger partial charge in [0.2, 0.25) is 0 Å². The number of hydrogen-bond donors (Lipinski definition) is 3. The lowest BCUT2D eigenvalue weighted by Gasteiger charge is -2.42. The monoisotopic (exact) mass is 454 g/mol. The predicted octanol–water partition coefficient (Wildman–Crippen LogP) is 4.32. The highest BCUT2D eigenvalue weighted by atomic mass is 35.5. The van der Waals surface area contributed by atoms with Gasteiger partial charge >= 0.3 is 0 Å². The molecule has 1 aromatic heterocycles. The first-order chi connectivity index (χ1) is 14.6. The molecular formula is C25H31ClN2O2Si. The summed E-state index contributed by atoms with van der Waals surface area (Å²) in [6, 6.07) is 21.7. The van der Waals surface area contributed by atoms with Crippen LogP contribution < -0.4 is 16.1 Å². The Kier molecular flexibility index (Phi) is 6.91. The minimum atomic E-state index is -3.05. The molecule has 164 valence electrons. The van der Waals surface area contributed by atoms with Gasteiger partial charge in [0.05, 0.1) is 0 Å². The van der Waals surface area contributed by atoms with E-state index in [0.29, 0.717) is 12.0 Å². The van der Waals surface area contributed by atoms with Gasteiger partial charge in [0.25, 0.3) is 8.32 Å². The fourth-order valence-electron chi connectivity index (χ4n) is 4.41. The SMILES string of the molecule is CC(N)(CCCC(C)(C)[Si](O)(c1ccccc1)c1ccccc1)c1ccnc(Cl)c1O. The maximum absolute atomic E-state index is 12.3. The highest BCUT2D eigenvalue weighted by molar-refractivity contribution is 6.98. The Morgan fingerprint density at radius 3 is 1.94 bits per heavy atom. The molecule has 4 nitrogen and oxygen atoms in total. The van der Waals surface area contributed by atoms with Crippen molar-refractivity contribution in [2.45, 2.75) is 50.6 Å². The van der Waals surface area contributed by atoms with Crippen LogP contribution in [0, 0.1) is 0 Å². The third kappa shape index (κ3) is 4.70. The van der Waals surface area contributed by atoms with Crippen molar-refractivity contribution in [3.8, 4) is 5.75 Å². The zero-order chi connectivity index (χ0) is 22.7. The molecule has 3 aromatic rings. The molecule has 0 saturated heterocycles. The third-order valence-corrected chi connectivity index (χ3v) is 11.2. The molecule has 1 atom stereocenters. The normalized spacial score (nSPS) is 14.3. The second-order valence-electron chi connectivity index (χ2n) is 9.10. The number of rotatable bonds is 8. The maximum atomic E-state index is 12.3. The Hall–Kier alpha value is -2.18. The van der Waals surface area contributed by atoms with Crippen molar-refractivity contribution < 1.29 is 9.90 Å². The molecule has 1 unspecified atom stereocenters. The van der Waals surface area contributed by atoms with E-state index in [9.17, 15) is 9.90 Å². The summed E-state index contributed by atoms with van der Waals surface area (Å²) in [5.41, 5.74) is 6.40. The van der Waals surface area contributed by atoms with Crippen LogP contribution in [0.4, 0.5) is 0 Å². The number of nitrogens with two attached hydrogens (primary N) is 1. The smallest absolute Gasteiger partial charge is 0.258 e. The summed E-state index contributed by atoms with van der Waals surface area (Å²) >= 11 is 5.98. The van der Waals surface area contributed by atoms with E-state index in [4.69, 9.17) is 17.3 Å². The van der Waals surface area contributed by atoms with Gasteiger partial charge in [0, 0.05) is 17.3 Å². The third-order valence-electron chi connectivity index (χ3n) is 6.36. The van der Waals surface area contributed by atoms with E-state index in [2.05, 4.69) is 18.8 Å². The van der Waals surface area contributed by atoms with Crippen LogP contribution in [0.25, 0.3) is 0 Å². The summed E-state index contributed by atoms with van der Waals surface area (Å²) in [4.78, 5) is 16.2. The largest absolute Gasteiger partial charge is 0.504 e. The number of hydrogen-bond acceptors (Lipinski definition) is 4. The van der Waals surface area contributed by atoms with E-state index in [-0.39, 0.29) is 15.9 Å². The molecular weight excluding hydrogens is 424 g/mol. The molecule has 2 aromatic carbocycles. The zero-order valence-corrected chi connectivity index (χ0v) is 20.1. The summed E-state index contributed by atoms with van der Waals surface area (Å²) in [6.07, 6.45) is 3.77. The first-order valence-electron chi connectivity index (χ1n) is 10.6. The fraction of sp³-hybridized carbons (Fsp3) is 0.320.